The molecular weight excluding hydrogens is 260 g/mol. The molecule has 0 bridgehead atoms. The van der Waals surface area contributed by atoms with Crippen molar-refractivity contribution < 1.29 is 28.2 Å². The minimum absolute atomic E-state index is 0.0182. The van der Waals surface area contributed by atoms with Crippen molar-refractivity contribution in [3.05, 3.63) is 23.3 Å². The fourth-order valence-corrected chi connectivity index (χ4v) is 1.25. The highest BCUT2D eigenvalue weighted by Gasteiger charge is 2.22. The maximum atomic E-state index is 13.7. The van der Waals surface area contributed by atoms with Crippen molar-refractivity contribution in [2.45, 2.75) is 26.4 Å². The number of aromatic hydroxyl groups is 1. The van der Waals surface area contributed by atoms with Crippen molar-refractivity contribution >= 4 is 18.1 Å². The number of hydrogen-bond acceptors (Lipinski definition) is 4. The van der Waals surface area contributed by atoms with Crippen molar-refractivity contribution in [3.8, 4) is 5.75 Å². The summed E-state index contributed by atoms with van der Waals surface area (Å²) in [6, 6.07) is 0.527. The zero-order chi connectivity index (χ0) is 14.8. The number of carbonyl (C=O) groups is 2. The molecule has 0 unspecified atom stereocenters. The number of benzene rings is 1. The third kappa shape index (κ3) is 3.64. The summed E-state index contributed by atoms with van der Waals surface area (Å²) in [7, 11) is 0. The van der Waals surface area contributed by atoms with Crippen molar-refractivity contribution in [2.75, 3.05) is 5.32 Å². The fourth-order valence-electron chi connectivity index (χ4n) is 1.25. The zero-order valence-corrected chi connectivity index (χ0v) is 10.6. The highest BCUT2D eigenvalue weighted by Crippen LogP contribution is 2.28. The highest BCUT2D eigenvalue weighted by molar-refractivity contribution is 5.89. The van der Waals surface area contributed by atoms with Crippen molar-refractivity contribution in [1.82, 2.24) is 0 Å². The number of ether oxygens (including phenoxy) is 1. The third-order valence-corrected chi connectivity index (χ3v) is 1.98. The van der Waals surface area contributed by atoms with Crippen LogP contribution in [0.4, 0.5) is 19.3 Å². The Morgan fingerprint density at radius 2 is 2.00 bits per heavy atom. The lowest BCUT2D eigenvalue weighted by atomic mass is 10.1. The van der Waals surface area contributed by atoms with Gasteiger partial charge in [-0.15, -0.1) is 0 Å². The van der Waals surface area contributed by atoms with E-state index >= 15 is 0 Å². The Morgan fingerprint density at radius 3 is 2.47 bits per heavy atom. The van der Waals surface area contributed by atoms with Gasteiger partial charge >= 0.3 is 6.09 Å². The number of hydrogen-bond donors (Lipinski definition) is 2. The van der Waals surface area contributed by atoms with Crippen molar-refractivity contribution in [2.24, 2.45) is 0 Å². The van der Waals surface area contributed by atoms with E-state index in [1.54, 1.807) is 20.8 Å². The molecule has 0 radical (unpaired) electrons. The smallest absolute Gasteiger partial charge is 0.412 e. The maximum absolute atomic E-state index is 13.7. The monoisotopic (exact) mass is 273 g/mol. The molecule has 0 aliphatic carbocycles. The molecule has 0 saturated carbocycles. The van der Waals surface area contributed by atoms with Gasteiger partial charge in [0.15, 0.2) is 17.9 Å². The van der Waals surface area contributed by atoms with Crippen LogP contribution in [0.25, 0.3) is 0 Å². The Morgan fingerprint density at radius 1 is 1.42 bits per heavy atom. The van der Waals surface area contributed by atoms with Crippen LogP contribution in [-0.4, -0.2) is 23.1 Å². The van der Waals surface area contributed by atoms with Gasteiger partial charge in [-0.3, -0.25) is 10.1 Å². The largest absolute Gasteiger partial charge is 0.507 e. The normalized spacial score (nSPS) is 11.0. The van der Waals surface area contributed by atoms with Crippen LogP contribution in [0, 0.1) is 11.6 Å². The maximum Gasteiger partial charge on any atom is 0.412 e. The second-order valence-corrected chi connectivity index (χ2v) is 4.72. The Balaban J connectivity index is 3.08. The Kier molecular flexibility index (Phi) is 4.08. The molecule has 0 spiro atoms. The SMILES string of the molecule is CC(C)(C)OC(=O)Nc1c(F)cc(O)c(C=O)c1F. The molecule has 0 aliphatic heterocycles. The van der Waals surface area contributed by atoms with Gasteiger partial charge in [0, 0.05) is 6.07 Å². The van der Waals surface area contributed by atoms with E-state index in [-0.39, 0.29) is 6.29 Å². The first-order chi connectivity index (χ1) is 8.65. The fraction of sp³-hybridized carbons (Fsp3) is 0.333. The van der Waals surface area contributed by atoms with Gasteiger partial charge in [0.25, 0.3) is 0 Å². The number of amides is 1. The number of rotatable bonds is 2. The molecule has 0 saturated heterocycles. The van der Waals surface area contributed by atoms with Crippen LogP contribution < -0.4 is 5.32 Å². The molecule has 0 atom stereocenters. The predicted octanol–water partition coefficient (Wildman–Crippen LogP) is 2.83. The first-order valence-electron chi connectivity index (χ1n) is 5.32. The second kappa shape index (κ2) is 5.21. The lowest BCUT2D eigenvalue weighted by Gasteiger charge is -2.20. The molecule has 0 aromatic heterocycles. The average molecular weight is 273 g/mol. The summed E-state index contributed by atoms with van der Waals surface area (Å²) < 4.78 is 31.9. The summed E-state index contributed by atoms with van der Waals surface area (Å²) in [6.07, 6.45) is -1.06. The summed E-state index contributed by atoms with van der Waals surface area (Å²) in [5.74, 6) is -3.43. The van der Waals surface area contributed by atoms with Gasteiger partial charge in [-0.25, -0.2) is 13.6 Å². The molecule has 0 heterocycles. The summed E-state index contributed by atoms with van der Waals surface area (Å²) in [5, 5.41) is 11.0. The molecule has 0 fully saturated rings. The lowest BCUT2D eigenvalue weighted by Crippen LogP contribution is -2.28. The molecule has 19 heavy (non-hydrogen) atoms. The summed E-state index contributed by atoms with van der Waals surface area (Å²) in [4.78, 5) is 22.0. The van der Waals surface area contributed by atoms with Gasteiger partial charge < -0.3 is 9.84 Å². The van der Waals surface area contributed by atoms with Gasteiger partial charge in [0.2, 0.25) is 0 Å². The van der Waals surface area contributed by atoms with Gasteiger partial charge in [0.1, 0.15) is 17.0 Å². The van der Waals surface area contributed by atoms with E-state index in [1.165, 1.54) is 0 Å². The topological polar surface area (TPSA) is 75.6 Å². The minimum atomic E-state index is -1.36. The average Bonchev–Trinajstić information content (AvgIpc) is 2.22. The van der Waals surface area contributed by atoms with Crippen molar-refractivity contribution in [1.29, 1.82) is 0 Å². The Hall–Kier alpha value is -2.18. The molecule has 1 rings (SSSR count). The molecule has 104 valence electrons. The number of halogens is 2. The number of aldehydes is 1. The first-order valence-corrected chi connectivity index (χ1v) is 5.32. The van der Waals surface area contributed by atoms with E-state index < -0.39 is 40.3 Å². The number of anilines is 1. The van der Waals surface area contributed by atoms with Gasteiger partial charge in [-0.05, 0) is 20.8 Å². The van der Waals surface area contributed by atoms with E-state index in [2.05, 4.69) is 0 Å². The van der Waals surface area contributed by atoms with E-state index in [9.17, 15) is 18.4 Å². The van der Waals surface area contributed by atoms with Crippen LogP contribution in [0.3, 0.4) is 0 Å². The van der Waals surface area contributed by atoms with Crippen LogP contribution in [0.5, 0.6) is 5.75 Å². The molecule has 1 aromatic rings. The van der Waals surface area contributed by atoms with E-state index in [1.807, 2.05) is 5.32 Å². The zero-order valence-electron chi connectivity index (χ0n) is 10.6. The molecule has 1 aromatic carbocycles. The standard InChI is InChI=1S/C12H13F2NO4/c1-12(2,3)19-11(18)15-10-7(13)4-8(17)6(5-16)9(10)14/h4-5,17H,1-3H3,(H,15,18). The van der Waals surface area contributed by atoms with Crippen LogP contribution >= 0.6 is 0 Å². The van der Waals surface area contributed by atoms with Gasteiger partial charge in [0.05, 0.1) is 5.56 Å². The van der Waals surface area contributed by atoms with Crippen LogP contribution in [-0.2, 0) is 4.74 Å². The summed E-state index contributed by atoms with van der Waals surface area (Å²) >= 11 is 0. The Bertz CT molecular complexity index is 523. The summed E-state index contributed by atoms with van der Waals surface area (Å²) in [5.41, 5.74) is -2.44. The molecule has 1 amide bonds. The quantitative estimate of drug-likeness (QED) is 0.641. The van der Waals surface area contributed by atoms with Gasteiger partial charge in [-0.2, -0.15) is 0 Å². The molecule has 5 nitrogen and oxygen atoms in total. The molecule has 7 heteroatoms. The second-order valence-electron chi connectivity index (χ2n) is 4.72. The van der Waals surface area contributed by atoms with Gasteiger partial charge in [-0.1, -0.05) is 0 Å². The predicted molar refractivity (Wildman–Crippen MR) is 63.3 cm³/mol. The number of phenolic OH excluding ortho intramolecular Hbond substituents is 1. The summed E-state index contributed by atoms with van der Waals surface area (Å²) in [6.45, 7) is 4.73. The van der Waals surface area contributed by atoms with Crippen LogP contribution in [0.1, 0.15) is 31.1 Å². The molecule has 0 aliphatic rings. The third-order valence-electron chi connectivity index (χ3n) is 1.98. The molecular formula is C12H13F2NO4. The highest BCUT2D eigenvalue weighted by atomic mass is 19.1. The van der Waals surface area contributed by atoms with Crippen LogP contribution in [0.2, 0.25) is 0 Å². The molecule has 2 N–H and O–H groups in total. The Labute approximate surface area is 108 Å². The first kappa shape index (κ1) is 14.9. The van der Waals surface area contributed by atoms with Crippen molar-refractivity contribution in [3.63, 3.8) is 0 Å². The number of phenols is 1. The lowest BCUT2D eigenvalue weighted by molar-refractivity contribution is 0.0634. The van der Waals surface area contributed by atoms with E-state index in [4.69, 9.17) is 9.84 Å². The minimum Gasteiger partial charge on any atom is -0.507 e. The van der Waals surface area contributed by atoms with Crippen LogP contribution in [0.15, 0.2) is 6.07 Å². The number of carbonyl (C=O) groups excluding carboxylic acids is 2. The van der Waals surface area contributed by atoms with E-state index in [0.717, 1.165) is 0 Å². The van der Waals surface area contributed by atoms with E-state index in [0.29, 0.717) is 6.07 Å². The number of nitrogens with one attached hydrogen (secondary N) is 1.